The first-order valence-corrected chi connectivity index (χ1v) is 4.74. The average molecular weight is 204 g/mol. The summed E-state index contributed by atoms with van der Waals surface area (Å²) < 4.78 is 6.63. The normalized spacial score (nSPS) is 10.3. The molecule has 5 heteroatoms. The summed E-state index contributed by atoms with van der Waals surface area (Å²) in [6.07, 6.45) is 6.17. The average Bonchev–Trinajstić information content (AvgIpc) is 2.78. The molecule has 0 spiro atoms. The van der Waals surface area contributed by atoms with Crippen LogP contribution in [-0.2, 0) is 6.42 Å². The van der Waals surface area contributed by atoms with Crippen LogP contribution in [0.25, 0.3) is 5.69 Å². The van der Waals surface area contributed by atoms with Gasteiger partial charge < -0.3 is 4.74 Å². The van der Waals surface area contributed by atoms with Crippen LogP contribution in [0.2, 0.25) is 0 Å². The zero-order valence-corrected chi connectivity index (χ0v) is 8.71. The van der Waals surface area contributed by atoms with Crippen LogP contribution in [0.3, 0.4) is 0 Å². The van der Waals surface area contributed by atoms with Crippen molar-refractivity contribution < 1.29 is 4.74 Å². The smallest absolute Gasteiger partial charge is 0.316 e. The van der Waals surface area contributed by atoms with Crippen LogP contribution in [0.1, 0.15) is 12.6 Å². The van der Waals surface area contributed by atoms with Gasteiger partial charge in [-0.15, -0.1) is 0 Å². The fourth-order valence-electron chi connectivity index (χ4n) is 1.23. The molecule has 15 heavy (non-hydrogen) atoms. The molecule has 2 rings (SSSR count). The Bertz CT molecular complexity index is 435. The van der Waals surface area contributed by atoms with E-state index in [2.05, 4.69) is 22.0 Å². The maximum atomic E-state index is 4.88. The van der Waals surface area contributed by atoms with Crippen LogP contribution in [0.5, 0.6) is 6.01 Å². The fraction of sp³-hybridized carbons (Fsp3) is 0.300. The van der Waals surface area contributed by atoms with Gasteiger partial charge in [0.1, 0.15) is 5.69 Å². The molecular formula is C10H12N4O. The molecular weight excluding hydrogens is 192 g/mol. The molecule has 0 aromatic carbocycles. The van der Waals surface area contributed by atoms with Gasteiger partial charge in [-0.25, -0.2) is 14.6 Å². The van der Waals surface area contributed by atoms with Gasteiger partial charge in [-0.05, 0) is 12.5 Å². The summed E-state index contributed by atoms with van der Waals surface area (Å²) in [4.78, 5) is 8.03. The highest BCUT2D eigenvalue weighted by Gasteiger charge is 2.01. The number of nitrogens with zero attached hydrogens (tertiary/aromatic N) is 4. The van der Waals surface area contributed by atoms with Crippen LogP contribution in [-0.4, -0.2) is 26.9 Å². The van der Waals surface area contributed by atoms with Gasteiger partial charge in [-0.3, -0.25) is 0 Å². The van der Waals surface area contributed by atoms with Gasteiger partial charge in [-0.1, -0.05) is 6.92 Å². The molecule has 0 radical (unpaired) electrons. The molecule has 0 aliphatic rings. The van der Waals surface area contributed by atoms with Crippen molar-refractivity contribution in [2.45, 2.75) is 13.3 Å². The Balaban J connectivity index is 2.28. The zero-order chi connectivity index (χ0) is 10.7. The summed E-state index contributed by atoms with van der Waals surface area (Å²) in [5.41, 5.74) is 1.88. The predicted molar refractivity (Wildman–Crippen MR) is 55.1 cm³/mol. The molecule has 0 aliphatic carbocycles. The summed E-state index contributed by atoms with van der Waals surface area (Å²) in [5.74, 6) is 0. The summed E-state index contributed by atoms with van der Waals surface area (Å²) in [7, 11) is 1.54. The summed E-state index contributed by atoms with van der Waals surface area (Å²) in [6.45, 7) is 2.07. The van der Waals surface area contributed by atoms with Crippen LogP contribution < -0.4 is 4.74 Å². The van der Waals surface area contributed by atoms with Crippen LogP contribution >= 0.6 is 0 Å². The summed E-state index contributed by atoms with van der Waals surface area (Å²) in [5, 5.41) is 4.35. The second-order valence-corrected chi connectivity index (χ2v) is 3.03. The van der Waals surface area contributed by atoms with E-state index in [1.807, 2.05) is 12.3 Å². The molecule has 2 heterocycles. The number of aryl methyl sites for hydroxylation is 1. The molecule has 0 amide bonds. The largest absolute Gasteiger partial charge is 0.467 e. The second kappa shape index (κ2) is 4.08. The lowest BCUT2D eigenvalue weighted by molar-refractivity contribution is 0.379. The molecule has 0 aliphatic heterocycles. The maximum absolute atomic E-state index is 4.88. The lowest BCUT2D eigenvalue weighted by Crippen LogP contribution is -1.99. The maximum Gasteiger partial charge on any atom is 0.316 e. The number of rotatable bonds is 3. The van der Waals surface area contributed by atoms with E-state index in [-0.39, 0.29) is 0 Å². The lowest BCUT2D eigenvalue weighted by Gasteiger charge is -2.00. The Hall–Kier alpha value is -1.91. The van der Waals surface area contributed by atoms with E-state index < -0.39 is 0 Å². The van der Waals surface area contributed by atoms with E-state index in [1.54, 1.807) is 17.1 Å². The van der Waals surface area contributed by atoms with Gasteiger partial charge in [0.05, 0.1) is 25.2 Å². The minimum atomic E-state index is 0.363. The molecule has 0 fully saturated rings. The van der Waals surface area contributed by atoms with E-state index >= 15 is 0 Å². The first kappa shape index (κ1) is 9.64. The predicted octanol–water partition coefficient (Wildman–Crippen LogP) is 1.23. The van der Waals surface area contributed by atoms with Crippen molar-refractivity contribution in [3.05, 3.63) is 30.4 Å². The summed E-state index contributed by atoms with van der Waals surface area (Å²) in [6, 6.07) is 2.34. The number of methoxy groups -OCH3 is 1. The topological polar surface area (TPSA) is 52.8 Å². The highest BCUT2D eigenvalue weighted by atomic mass is 16.5. The van der Waals surface area contributed by atoms with E-state index in [9.17, 15) is 0 Å². The van der Waals surface area contributed by atoms with Gasteiger partial charge in [0.25, 0.3) is 0 Å². The lowest BCUT2D eigenvalue weighted by atomic mass is 10.4. The Morgan fingerprint density at radius 3 is 2.60 bits per heavy atom. The number of aromatic nitrogens is 4. The molecule has 2 aromatic rings. The molecule has 5 nitrogen and oxygen atoms in total. The standard InChI is InChI=1S/C10H12N4O/c1-3-8-4-5-14(13-8)9-6-11-10(15-2)12-7-9/h4-7H,3H2,1-2H3. The third kappa shape index (κ3) is 1.96. The highest BCUT2D eigenvalue weighted by Crippen LogP contribution is 2.07. The summed E-state index contributed by atoms with van der Waals surface area (Å²) >= 11 is 0. The highest BCUT2D eigenvalue weighted by molar-refractivity contribution is 5.25. The molecule has 0 bridgehead atoms. The SMILES string of the molecule is CCc1ccn(-c2cnc(OC)nc2)n1. The quantitative estimate of drug-likeness (QED) is 0.754. The molecule has 0 saturated carbocycles. The fourth-order valence-corrected chi connectivity index (χ4v) is 1.23. The van der Waals surface area contributed by atoms with Crippen molar-refractivity contribution >= 4 is 0 Å². The molecule has 78 valence electrons. The Labute approximate surface area is 87.7 Å². The van der Waals surface area contributed by atoms with E-state index in [0.717, 1.165) is 17.8 Å². The first-order valence-electron chi connectivity index (χ1n) is 4.74. The van der Waals surface area contributed by atoms with Crippen LogP contribution in [0.15, 0.2) is 24.7 Å². The molecule has 0 saturated heterocycles. The minimum Gasteiger partial charge on any atom is -0.467 e. The second-order valence-electron chi connectivity index (χ2n) is 3.03. The number of hydrogen-bond donors (Lipinski definition) is 0. The third-order valence-electron chi connectivity index (χ3n) is 2.07. The van der Waals surface area contributed by atoms with E-state index in [4.69, 9.17) is 4.74 Å². The Kier molecular flexibility index (Phi) is 2.62. The van der Waals surface area contributed by atoms with Gasteiger partial charge in [0, 0.05) is 6.20 Å². The van der Waals surface area contributed by atoms with Gasteiger partial charge in [0.15, 0.2) is 0 Å². The van der Waals surface area contributed by atoms with Crippen molar-refractivity contribution in [1.82, 2.24) is 19.7 Å². The van der Waals surface area contributed by atoms with Crippen molar-refractivity contribution in [1.29, 1.82) is 0 Å². The number of ether oxygens (including phenoxy) is 1. The molecule has 0 N–H and O–H groups in total. The van der Waals surface area contributed by atoms with Gasteiger partial charge in [-0.2, -0.15) is 5.10 Å². The molecule has 0 unspecified atom stereocenters. The van der Waals surface area contributed by atoms with Crippen LogP contribution in [0.4, 0.5) is 0 Å². The van der Waals surface area contributed by atoms with Gasteiger partial charge >= 0.3 is 6.01 Å². The zero-order valence-electron chi connectivity index (χ0n) is 8.71. The van der Waals surface area contributed by atoms with Crippen molar-refractivity contribution in [2.75, 3.05) is 7.11 Å². The monoisotopic (exact) mass is 204 g/mol. The van der Waals surface area contributed by atoms with E-state index in [0.29, 0.717) is 6.01 Å². The first-order chi connectivity index (χ1) is 7.33. The Morgan fingerprint density at radius 1 is 1.33 bits per heavy atom. The molecule has 2 aromatic heterocycles. The number of hydrogen-bond acceptors (Lipinski definition) is 4. The molecule has 0 atom stereocenters. The van der Waals surface area contributed by atoms with E-state index in [1.165, 1.54) is 7.11 Å². The third-order valence-corrected chi connectivity index (χ3v) is 2.07. The van der Waals surface area contributed by atoms with Crippen molar-refractivity contribution in [3.63, 3.8) is 0 Å². The Morgan fingerprint density at radius 2 is 2.07 bits per heavy atom. The minimum absolute atomic E-state index is 0.363. The van der Waals surface area contributed by atoms with Gasteiger partial charge in [0.2, 0.25) is 0 Å². The van der Waals surface area contributed by atoms with Crippen LogP contribution in [0, 0.1) is 0 Å². The van der Waals surface area contributed by atoms with Crippen molar-refractivity contribution in [2.24, 2.45) is 0 Å². The van der Waals surface area contributed by atoms with Crippen molar-refractivity contribution in [3.8, 4) is 11.7 Å².